The van der Waals surface area contributed by atoms with E-state index in [1.54, 1.807) is 18.3 Å². The maximum absolute atomic E-state index is 12.2. The minimum Gasteiger partial charge on any atom is -0.313 e. The highest BCUT2D eigenvalue weighted by Gasteiger charge is 2.27. The van der Waals surface area contributed by atoms with Crippen molar-refractivity contribution < 1.29 is 8.42 Å². The van der Waals surface area contributed by atoms with Crippen molar-refractivity contribution in [1.29, 1.82) is 0 Å². The lowest BCUT2D eigenvalue weighted by Crippen LogP contribution is -2.44. The van der Waals surface area contributed by atoms with Crippen LogP contribution in [0.15, 0.2) is 17.5 Å². The molecule has 0 spiro atoms. The molecule has 0 aliphatic carbocycles. The highest BCUT2D eigenvalue weighted by atomic mass is 32.2. The molecule has 0 aliphatic heterocycles. The number of thiophene rings is 1. The topological polar surface area (TPSA) is 58.2 Å². The number of sulfonamides is 1. The summed E-state index contributed by atoms with van der Waals surface area (Å²) in [5.41, 5.74) is -0.188. The van der Waals surface area contributed by atoms with Crippen LogP contribution in [0.5, 0.6) is 0 Å². The zero-order valence-corrected chi connectivity index (χ0v) is 14.6. The molecular weight excluding hydrogens is 292 g/mol. The van der Waals surface area contributed by atoms with Gasteiger partial charge in [-0.1, -0.05) is 33.8 Å². The fourth-order valence-electron chi connectivity index (χ4n) is 1.69. The van der Waals surface area contributed by atoms with Gasteiger partial charge in [0.25, 0.3) is 0 Å². The first-order valence-electron chi connectivity index (χ1n) is 6.91. The predicted octanol–water partition coefficient (Wildman–Crippen LogP) is 2.33. The largest absolute Gasteiger partial charge is 0.313 e. The second-order valence-corrected chi connectivity index (χ2v) is 9.23. The summed E-state index contributed by atoms with van der Waals surface area (Å²) >= 11 is 1.66. The van der Waals surface area contributed by atoms with Gasteiger partial charge in [-0.05, 0) is 18.4 Å². The molecule has 1 atom stereocenters. The maximum atomic E-state index is 12.2. The number of rotatable bonds is 8. The first-order chi connectivity index (χ1) is 9.15. The molecule has 0 fully saturated rings. The van der Waals surface area contributed by atoms with Crippen molar-refractivity contribution in [2.45, 2.75) is 51.3 Å². The van der Waals surface area contributed by atoms with Crippen molar-refractivity contribution in [2.75, 3.05) is 13.1 Å². The van der Waals surface area contributed by atoms with Crippen LogP contribution in [0, 0.1) is 0 Å². The number of hydrogen-bond donors (Lipinski definition) is 2. The smallest absolute Gasteiger partial charge is 0.215 e. The molecule has 0 saturated carbocycles. The van der Waals surface area contributed by atoms with Gasteiger partial charge in [-0.2, -0.15) is 0 Å². The lowest BCUT2D eigenvalue weighted by molar-refractivity contribution is 0.498. The molecule has 0 amide bonds. The summed E-state index contributed by atoms with van der Waals surface area (Å²) in [6.07, 6.45) is 0. The van der Waals surface area contributed by atoms with Crippen LogP contribution in [-0.4, -0.2) is 32.8 Å². The Hall–Kier alpha value is -0.430. The Morgan fingerprint density at radius 1 is 1.30 bits per heavy atom. The van der Waals surface area contributed by atoms with Gasteiger partial charge in [-0.3, -0.25) is 0 Å². The summed E-state index contributed by atoms with van der Waals surface area (Å²) < 4.78 is 27.2. The van der Waals surface area contributed by atoms with Crippen LogP contribution < -0.4 is 10.0 Å². The van der Waals surface area contributed by atoms with Crippen molar-refractivity contribution in [1.82, 2.24) is 10.0 Å². The molecule has 1 aromatic heterocycles. The zero-order valence-electron chi connectivity index (χ0n) is 12.9. The first-order valence-corrected chi connectivity index (χ1v) is 9.33. The van der Waals surface area contributed by atoms with Crippen LogP contribution >= 0.6 is 11.3 Å². The van der Waals surface area contributed by atoms with E-state index in [2.05, 4.69) is 23.9 Å². The molecule has 1 unspecified atom stereocenters. The van der Waals surface area contributed by atoms with Gasteiger partial charge >= 0.3 is 0 Å². The van der Waals surface area contributed by atoms with Gasteiger partial charge in [0, 0.05) is 29.4 Å². The molecule has 0 aliphatic rings. The zero-order chi connectivity index (χ0) is 15.4. The fourth-order valence-corrected chi connectivity index (χ4v) is 3.70. The first kappa shape index (κ1) is 17.6. The molecule has 1 heterocycles. The van der Waals surface area contributed by atoms with E-state index in [1.807, 2.05) is 31.4 Å². The molecule has 6 heteroatoms. The lowest BCUT2D eigenvalue weighted by atomic mass is 9.92. The summed E-state index contributed by atoms with van der Waals surface area (Å²) in [4.78, 5) is 1.19. The Labute approximate surface area is 127 Å². The van der Waals surface area contributed by atoms with Gasteiger partial charge in [0.1, 0.15) is 0 Å². The molecule has 0 saturated heterocycles. The van der Waals surface area contributed by atoms with Gasteiger partial charge in [0.2, 0.25) is 10.0 Å². The molecule has 0 bridgehead atoms. The highest BCUT2D eigenvalue weighted by Crippen LogP contribution is 2.26. The van der Waals surface area contributed by atoms with Gasteiger partial charge in [0.15, 0.2) is 0 Å². The third-order valence-electron chi connectivity index (χ3n) is 3.25. The average molecular weight is 319 g/mol. The summed E-state index contributed by atoms with van der Waals surface area (Å²) in [7, 11) is -3.29. The summed E-state index contributed by atoms with van der Waals surface area (Å²) in [6.45, 7) is 10.7. The molecule has 116 valence electrons. The Morgan fingerprint density at radius 2 is 1.95 bits per heavy atom. The minimum atomic E-state index is -3.29. The van der Waals surface area contributed by atoms with Gasteiger partial charge in [0.05, 0.1) is 5.25 Å². The molecule has 0 aromatic carbocycles. The monoisotopic (exact) mass is 318 g/mol. The van der Waals surface area contributed by atoms with E-state index in [9.17, 15) is 8.42 Å². The van der Waals surface area contributed by atoms with E-state index in [0.717, 1.165) is 0 Å². The van der Waals surface area contributed by atoms with E-state index < -0.39 is 15.3 Å². The summed E-state index contributed by atoms with van der Waals surface area (Å²) in [6, 6.07) is 4.32. The summed E-state index contributed by atoms with van der Waals surface area (Å²) in [5, 5.41) is 4.73. The van der Waals surface area contributed by atoms with Crippen molar-refractivity contribution in [3.05, 3.63) is 22.4 Å². The van der Waals surface area contributed by atoms with Gasteiger partial charge in [-0.25, -0.2) is 13.1 Å². The van der Waals surface area contributed by atoms with Crippen molar-refractivity contribution >= 4 is 21.4 Å². The normalized spacial score (nSPS) is 14.7. The molecule has 1 aromatic rings. The van der Waals surface area contributed by atoms with E-state index >= 15 is 0 Å². The van der Waals surface area contributed by atoms with Crippen LogP contribution in [-0.2, 0) is 15.4 Å². The van der Waals surface area contributed by atoms with Crippen molar-refractivity contribution in [3.8, 4) is 0 Å². The Balaban J connectivity index is 2.59. The third-order valence-corrected chi connectivity index (χ3v) is 6.26. The number of nitrogens with one attached hydrogen (secondary N) is 2. The molecule has 0 radical (unpaired) electrons. The van der Waals surface area contributed by atoms with Crippen molar-refractivity contribution in [3.63, 3.8) is 0 Å². The standard InChI is InChI=1S/C14H26N2O2S2/c1-11(2)15-9-12(3)20(17,18)16-10-14(4,5)13-7-6-8-19-13/h6-8,11-12,15-16H,9-10H2,1-5H3. The summed E-state index contributed by atoms with van der Waals surface area (Å²) in [5.74, 6) is 0. The average Bonchev–Trinajstić information content (AvgIpc) is 2.88. The highest BCUT2D eigenvalue weighted by molar-refractivity contribution is 7.90. The number of hydrogen-bond acceptors (Lipinski definition) is 4. The molecule has 1 rings (SSSR count). The second kappa shape index (κ2) is 7.02. The molecule has 4 nitrogen and oxygen atoms in total. The van der Waals surface area contributed by atoms with E-state index in [0.29, 0.717) is 13.1 Å². The Morgan fingerprint density at radius 3 is 2.45 bits per heavy atom. The van der Waals surface area contributed by atoms with Gasteiger partial charge in [-0.15, -0.1) is 11.3 Å². The molecule has 2 N–H and O–H groups in total. The van der Waals surface area contributed by atoms with Crippen LogP contribution in [0.3, 0.4) is 0 Å². The molecular formula is C14H26N2O2S2. The quantitative estimate of drug-likeness (QED) is 0.773. The predicted molar refractivity (Wildman–Crippen MR) is 86.9 cm³/mol. The van der Waals surface area contributed by atoms with E-state index in [1.165, 1.54) is 4.88 Å². The fraction of sp³-hybridized carbons (Fsp3) is 0.714. The van der Waals surface area contributed by atoms with E-state index in [-0.39, 0.29) is 11.5 Å². The van der Waals surface area contributed by atoms with Gasteiger partial charge < -0.3 is 5.32 Å². The van der Waals surface area contributed by atoms with Crippen LogP contribution in [0.1, 0.15) is 39.5 Å². The maximum Gasteiger partial charge on any atom is 0.215 e. The Kier molecular flexibility index (Phi) is 6.19. The molecule has 20 heavy (non-hydrogen) atoms. The second-order valence-electron chi connectivity index (χ2n) is 6.10. The Bertz CT molecular complexity index is 493. The SMILES string of the molecule is CC(C)NCC(C)S(=O)(=O)NCC(C)(C)c1cccs1. The third kappa shape index (κ3) is 5.16. The lowest BCUT2D eigenvalue weighted by Gasteiger charge is -2.25. The van der Waals surface area contributed by atoms with Crippen LogP contribution in [0.4, 0.5) is 0 Å². The van der Waals surface area contributed by atoms with Crippen molar-refractivity contribution in [2.24, 2.45) is 0 Å². The van der Waals surface area contributed by atoms with E-state index in [4.69, 9.17) is 0 Å². The minimum absolute atomic E-state index is 0.188. The van der Waals surface area contributed by atoms with Crippen LogP contribution in [0.2, 0.25) is 0 Å². The van der Waals surface area contributed by atoms with Crippen LogP contribution in [0.25, 0.3) is 0 Å².